The summed E-state index contributed by atoms with van der Waals surface area (Å²) in [6.07, 6.45) is 3.03. The van der Waals surface area contributed by atoms with E-state index in [9.17, 15) is 4.79 Å². The zero-order chi connectivity index (χ0) is 15.4. The molecule has 1 aromatic carbocycles. The van der Waals surface area contributed by atoms with Crippen LogP contribution >= 0.6 is 11.6 Å². The molecule has 0 radical (unpaired) electrons. The van der Waals surface area contributed by atoms with Crippen LogP contribution < -0.4 is 5.32 Å². The Morgan fingerprint density at radius 3 is 2.29 bits per heavy atom. The highest BCUT2D eigenvalue weighted by atomic mass is 35.5. The summed E-state index contributed by atoms with van der Waals surface area (Å²) in [5.74, 6) is 0.308. The molecule has 1 aromatic heterocycles. The normalized spacial score (nSPS) is 12.2. The van der Waals surface area contributed by atoms with Crippen LogP contribution in [0, 0.1) is 0 Å². The van der Waals surface area contributed by atoms with Crippen LogP contribution in [-0.4, -0.2) is 10.9 Å². The van der Waals surface area contributed by atoms with E-state index in [-0.39, 0.29) is 11.9 Å². The van der Waals surface area contributed by atoms with E-state index in [1.165, 1.54) is 11.8 Å². The number of nitrogens with one attached hydrogen (secondary N) is 1. The number of halogens is 1. The molecule has 0 aliphatic carbocycles. The summed E-state index contributed by atoms with van der Waals surface area (Å²) >= 11 is 5.98. The van der Waals surface area contributed by atoms with Crippen LogP contribution in [0.2, 0.25) is 5.02 Å². The molecular weight excluding hydrogens is 284 g/mol. The molecule has 3 nitrogen and oxygen atoms in total. The quantitative estimate of drug-likeness (QED) is 0.912. The topological polar surface area (TPSA) is 42.0 Å². The van der Waals surface area contributed by atoms with Crippen molar-refractivity contribution in [2.24, 2.45) is 0 Å². The summed E-state index contributed by atoms with van der Waals surface area (Å²) in [6.45, 7) is 6.27. The van der Waals surface area contributed by atoms with Crippen molar-refractivity contribution in [3.63, 3.8) is 0 Å². The summed E-state index contributed by atoms with van der Waals surface area (Å²) in [7, 11) is 0. The Balaban J connectivity index is 2.09. The molecule has 0 bridgehead atoms. The molecule has 2 aromatic rings. The first-order valence-electron chi connectivity index (χ1n) is 6.99. The first kappa shape index (κ1) is 15.5. The van der Waals surface area contributed by atoms with E-state index in [4.69, 9.17) is 11.6 Å². The number of aromatic nitrogens is 1. The van der Waals surface area contributed by atoms with E-state index in [0.29, 0.717) is 16.5 Å². The van der Waals surface area contributed by atoms with Crippen LogP contribution in [0.3, 0.4) is 0 Å². The van der Waals surface area contributed by atoms with E-state index >= 15 is 0 Å². The number of benzene rings is 1. The summed E-state index contributed by atoms with van der Waals surface area (Å²) in [6, 6.07) is 9.84. The number of nitrogens with zero attached hydrogens (tertiary/aromatic N) is 1. The van der Waals surface area contributed by atoms with Gasteiger partial charge in [-0.1, -0.05) is 49.7 Å². The maximum absolute atomic E-state index is 12.2. The summed E-state index contributed by atoms with van der Waals surface area (Å²) in [5.41, 5.74) is 2.80. The van der Waals surface area contributed by atoms with Gasteiger partial charge in [0.2, 0.25) is 0 Å². The summed E-state index contributed by atoms with van der Waals surface area (Å²) < 4.78 is 0. The fraction of sp³-hybridized carbons (Fsp3) is 0.294. The van der Waals surface area contributed by atoms with E-state index in [2.05, 4.69) is 48.4 Å². The molecule has 1 unspecified atom stereocenters. The Morgan fingerprint density at radius 1 is 1.10 bits per heavy atom. The number of hydrogen-bond acceptors (Lipinski definition) is 2. The van der Waals surface area contributed by atoms with Crippen molar-refractivity contribution in [3.8, 4) is 0 Å². The molecule has 0 aliphatic rings. The van der Waals surface area contributed by atoms with Gasteiger partial charge in [0.05, 0.1) is 16.6 Å². The number of rotatable bonds is 4. The van der Waals surface area contributed by atoms with Gasteiger partial charge in [-0.05, 0) is 30.0 Å². The average Bonchev–Trinajstić information content (AvgIpc) is 2.47. The van der Waals surface area contributed by atoms with Gasteiger partial charge in [-0.15, -0.1) is 0 Å². The van der Waals surface area contributed by atoms with Crippen LogP contribution in [0.5, 0.6) is 0 Å². The molecule has 1 heterocycles. The lowest BCUT2D eigenvalue weighted by molar-refractivity contribution is 0.0940. The second kappa shape index (κ2) is 6.72. The van der Waals surface area contributed by atoms with Gasteiger partial charge >= 0.3 is 0 Å². The second-order valence-corrected chi connectivity index (χ2v) is 5.78. The number of pyridine rings is 1. The van der Waals surface area contributed by atoms with E-state index in [0.717, 1.165) is 5.56 Å². The van der Waals surface area contributed by atoms with Crippen LogP contribution in [0.25, 0.3) is 0 Å². The minimum atomic E-state index is -0.192. The van der Waals surface area contributed by atoms with Crippen LogP contribution in [0.1, 0.15) is 54.2 Å². The average molecular weight is 303 g/mol. The molecule has 2 rings (SSSR count). The van der Waals surface area contributed by atoms with Crippen molar-refractivity contribution in [1.29, 1.82) is 0 Å². The lowest BCUT2D eigenvalue weighted by Crippen LogP contribution is -2.26. The summed E-state index contributed by atoms with van der Waals surface area (Å²) in [5, 5.41) is 3.31. The van der Waals surface area contributed by atoms with Crippen molar-refractivity contribution in [2.75, 3.05) is 0 Å². The first-order valence-corrected chi connectivity index (χ1v) is 7.37. The molecular formula is C17H19ClN2O. The highest BCUT2D eigenvalue weighted by Gasteiger charge is 2.14. The number of carbonyl (C=O) groups excluding carboxylic acids is 1. The smallest absolute Gasteiger partial charge is 0.253 e. The first-order chi connectivity index (χ1) is 9.99. The maximum atomic E-state index is 12.2. The van der Waals surface area contributed by atoms with E-state index < -0.39 is 0 Å². The third-order valence-electron chi connectivity index (χ3n) is 3.47. The minimum Gasteiger partial charge on any atom is -0.345 e. The van der Waals surface area contributed by atoms with Gasteiger partial charge in [0.15, 0.2) is 0 Å². The number of carbonyl (C=O) groups is 1. The Bertz CT molecular complexity index is 623. The van der Waals surface area contributed by atoms with Crippen LogP contribution in [-0.2, 0) is 0 Å². The van der Waals surface area contributed by atoms with Crippen molar-refractivity contribution in [3.05, 3.63) is 64.4 Å². The zero-order valence-electron chi connectivity index (χ0n) is 12.4. The monoisotopic (exact) mass is 302 g/mol. The maximum Gasteiger partial charge on any atom is 0.253 e. The largest absolute Gasteiger partial charge is 0.345 e. The number of amides is 1. The van der Waals surface area contributed by atoms with Crippen molar-refractivity contribution >= 4 is 17.5 Å². The Labute approximate surface area is 130 Å². The van der Waals surface area contributed by atoms with Gasteiger partial charge in [-0.25, -0.2) is 0 Å². The number of hydrogen-bond donors (Lipinski definition) is 1. The Kier molecular flexibility index (Phi) is 4.97. The lowest BCUT2D eigenvalue weighted by atomic mass is 9.99. The second-order valence-electron chi connectivity index (χ2n) is 5.37. The van der Waals surface area contributed by atoms with Crippen LogP contribution in [0.4, 0.5) is 0 Å². The molecule has 1 amide bonds. The fourth-order valence-corrected chi connectivity index (χ4v) is 2.29. The molecule has 110 valence electrons. The molecule has 1 atom stereocenters. The lowest BCUT2D eigenvalue weighted by Gasteiger charge is -2.16. The summed E-state index contributed by atoms with van der Waals surface area (Å²) in [4.78, 5) is 16.1. The highest BCUT2D eigenvalue weighted by molar-refractivity contribution is 6.33. The SMILES string of the molecule is CC(C)c1ccc(C(C)NC(=O)c2ccncc2Cl)cc1. The minimum absolute atomic E-state index is 0.0806. The van der Waals surface area contributed by atoms with Crippen molar-refractivity contribution in [2.45, 2.75) is 32.7 Å². The predicted octanol–water partition coefficient (Wildman–Crippen LogP) is 4.35. The predicted molar refractivity (Wildman–Crippen MR) is 85.7 cm³/mol. The van der Waals surface area contributed by atoms with Crippen molar-refractivity contribution < 1.29 is 4.79 Å². The third-order valence-corrected chi connectivity index (χ3v) is 3.77. The molecule has 0 fully saturated rings. The standard InChI is InChI=1S/C17H19ClN2O/c1-11(2)13-4-6-14(7-5-13)12(3)20-17(21)15-8-9-19-10-16(15)18/h4-12H,1-3H3,(H,20,21). The van der Waals surface area contributed by atoms with Gasteiger partial charge in [-0.3, -0.25) is 9.78 Å². The molecule has 4 heteroatoms. The van der Waals surface area contributed by atoms with Crippen molar-refractivity contribution in [1.82, 2.24) is 10.3 Å². The molecule has 0 saturated carbocycles. The van der Waals surface area contributed by atoms with Gasteiger partial charge in [-0.2, -0.15) is 0 Å². The molecule has 0 saturated heterocycles. The van der Waals surface area contributed by atoms with Gasteiger partial charge in [0.1, 0.15) is 0 Å². The molecule has 0 spiro atoms. The molecule has 21 heavy (non-hydrogen) atoms. The third kappa shape index (κ3) is 3.82. The Morgan fingerprint density at radius 2 is 1.71 bits per heavy atom. The molecule has 0 aliphatic heterocycles. The zero-order valence-corrected chi connectivity index (χ0v) is 13.2. The van der Waals surface area contributed by atoms with Crippen LogP contribution in [0.15, 0.2) is 42.7 Å². The van der Waals surface area contributed by atoms with E-state index in [1.54, 1.807) is 12.3 Å². The molecule has 1 N–H and O–H groups in total. The van der Waals surface area contributed by atoms with Gasteiger partial charge < -0.3 is 5.32 Å². The van der Waals surface area contributed by atoms with Gasteiger partial charge in [0.25, 0.3) is 5.91 Å². The van der Waals surface area contributed by atoms with Gasteiger partial charge in [0, 0.05) is 12.4 Å². The van der Waals surface area contributed by atoms with E-state index in [1.807, 2.05) is 6.92 Å². The highest BCUT2D eigenvalue weighted by Crippen LogP contribution is 2.20. The Hall–Kier alpha value is -1.87. The fourth-order valence-electron chi connectivity index (χ4n) is 2.09.